The molecule has 3 amide bonds. The molecule has 0 spiro atoms. The average Bonchev–Trinajstić information content (AvgIpc) is 3.42. The summed E-state index contributed by atoms with van der Waals surface area (Å²) in [4.78, 5) is 43.5. The third-order valence-electron chi connectivity index (χ3n) is 7.17. The van der Waals surface area contributed by atoms with E-state index in [0.717, 1.165) is 6.07 Å². The number of alkyl halides is 3. The van der Waals surface area contributed by atoms with Gasteiger partial charge in [-0.3, -0.25) is 9.59 Å². The quantitative estimate of drug-likeness (QED) is 0.159. The normalized spacial score (nSPS) is 12.3. The zero-order chi connectivity index (χ0) is 36.1. The Morgan fingerprint density at radius 2 is 1.63 bits per heavy atom. The number of nitrogen functional groups attached to an aromatic ring is 1. The molecular formula is C36H40F3N5O5. The molecule has 4 aromatic rings. The monoisotopic (exact) mass is 679 g/mol. The molecule has 10 nitrogen and oxygen atoms in total. The molecule has 0 saturated heterocycles. The number of ether oxygens (including phenoxy) is 1. The first-order valence-electron chi connectivity index (χ1n) is 15.5. The van der Waals surface area contributed by atoms with E-state index in [1.165, 1.54) is 24.4 Å². The molecule has 2 aromatic heterocycles. The van der Waals surface area contributed by atoms with E-state index in [9.17, 15) is 27.6 Å². The Bertz CT molecular complexity index is 1830. The zero-order valence-corrected chi connectivity index (χ0v) is 28.2. The fraction of sp³-hybridized carbons (Fsp3) is 0.333. The van der Waals surface area contributed by atoms with Crippen molar-refractivity contribution in [3.8, 4) is 11.1 Å². The minimum Gasteiger partial charge on any atom is -0.459 e. The van der Waals surface area contributed by atoms with Crippen LogP contribution >= 0.6 is 0 Å². The predicted molar refractivity (Wildman–Crippen MR) is 181 cm³/mol. The number of nitrogens with one attached hydrogen (secondary N) is 2. The van der Waals surface area contributed by atoms with Crippen LogP contribution in [-0.4, -0.2) is 52.0 Å². The number of carbonyl (C=O) groups is 3. The number of aromatic nitrogens is 1. The van der Waals surface area contributed by atoms with Gasteiger partial charge in [0.2, 0.25) is 5.91 Å². The summed E-state index contributed by atoms with van der Waals surface area (Å²) in [6.07, 6.45) is -1.03. The average molecular weight is 680 g/mol. The largest absolute Gasteiger partial charge is 0.459 e. The van der Waals surface area contributed by atoms with Crippen molar-refractivity contribution in [1.29, 1.82) is 0 Å². The van der Waals surface area contributed by atoms with Crippen molar-refractivity contribution in [2.75, 3.05) is 18.8 Å². The van der Waals surface area contributed by atoms with E-state index in [1.807, 2.05) is 20.8 Å². The summed E-state index contributed by atoms with van der Waals surface area (Å²) in [5, 5.41) is 5.46. The van der Waals surface area contributed by atoms with Crippen molar-refractivity contribution < 1.29 is 36.7 Å². The first kappa shape index (κ1) is 36.5. The van der Waals surface area contributed by atoms with Gasteiger partial charge in [0.1, 0.15) is 22.8 Å². The molecule has 4 rings (SSSR count). The van der Waals surface area contributed by atoms with Crippen LogP contribution in [0, 0.1) is 0 Å². The summed E-state index contributed by atoms with van der Waals surface area (Å²) in [6.45, 7) is 11.1. The summed E-state index contributed by atoms with van der Waals surface area (Å²) < 4.78 is 53.4. The molecule has 0 saturated carbocycles. The van der Waals surface area contributed by atoms with Gasteiger partial charge in [-0.25, -0.2) is 9.78 Å². The number of hydrogen-bond donors (Lipinski definition) is 3. The fourth-order valence-corrected chi connectivity index (χ4v) is 4.88. The summed E-state index contributed by atoms with van der Waals surface area (Å²) in [5.41, 5.74) is 4.68. The Kier molecular flexibility index (Phi) is 10.7. The van der Waals surface area contributed by atoms with E-state index in [0.29, 0.717) is 22.5 Å². The standard InChI is InChI=1S/C36H40F3N5O5/c1-34(2,3)44(16-15-41-33(47)49-35(4,5)6)32(46)24-11-9-23(10-12-24)25-17-26-18-27(48-31(26)28(19-25)36(37,38)39)21-43-30(45)14-8-22-7-13-29(40)42-20-22/h7-14,17-20H,15-16,21H2,1-6H3,(H2,40,42)(H,41,47)(H,43,45)/b14-8+. The summed E-state index contributed by atoms with van der Waals surface area (Å²) in [7, 11) is 0. The number of anilines is 1. The topological polar surface area (TPSA) is 140 Å². The molecule has 0 aliphatic carbocycles. The van der Waals surface area contributed by atoms with E-state index in [-0.39, 0.29) is 47.8 Å². The highest BCUT2D eigenvalue weighted by Gasteiger charge is 2.35. The van der Waals surface area contributed by atoms with Crippen molar-refractivity contribution in [2.24, 2.45) is 0 Å². The summed E-state index contributed by atoms with van der Waals surface area (Å²) in [5.74, 6) is -0.311. The molecule has 13 heteroatoms. The van der Waals surface area contributed by atoms with Crippen molar-refractivity contribution in [2.45, 2.75) is 65.4 Å². The van der Waals surface area contributed by atoms with Crippen molar-refractivity contribution in [3.63, 3.8) is 0 Å². The van der Waals surface area contributed by atoms with Crippen LogP contribution in [0.1, 0.15) is 68.8 Å². The number of carbonyl (C=O) groups excluding carboxylic acids is 3. The van der Waals surface area contributed by atoms with Gasteiger partial charge < -0.3 is 30.4 Å². The maximum atomic E-state index is 14.2. The Balaban J connectivity index is 1.51. The number of pyridine rings is 1. The van der Waals surface area contributed by atoms with Crippen LogP contribution in [-0.2, 0) is 22.3 Å². The number of amides is 3. The Morgan fingerprint density at radius 3 is 2.22 bits per heavy atom. The molecule has 0 unspecified atom stereocenters. The predicted octanol–water partition coefficient (Wildman–Crippen LogP) is 7.19. The van der Waals surface area contributed by atoms with Gasteiger partial charge in [-0.05, 0) is 107 Å². The van der Waals surface area contributed by atoms with Gasteiger partial charge >= 0.3 is 12.3 Å². The highest BCUT2D eigenvalue weighted by molar-refractivity contribution is 5.96. The molecule has 2 aromatic carbocycles. The van der Waals surface area contributed by atoms with Gasteiger partial charge in [-0.1, -0.05) is 12.1 Å². The number of fused-ring (bicyclic) bond motifs is 1. The first-order chi connectivity index (χ1) is 22.8. The van der Waals surface area contributed by atoms with E-state index >= 15 is 0 Å². The Morgan fingerprint density at radius 1 is 0.939 bits per heavy atom. The maximum Gasteiger partial charge on any atom is 0.420 e. The number of halogens is 3. The van der Waals surface area contributed by atoms with Crippen LogP contribution in [0.4, 0.5) is 23.8 Å². The maximum absolute atomic E-state index is 14.2. The van der Waals surface area contributed by atoms with E-state index in [2.05, 4.69) is 15.6 Å². The number of hydrogen-bond acceptors (Lipinski definition) is 7. The molecular weight excluding hydrogens is 639 g/mol. The van der Waals surface area contributed by atoms with Gasteiger partial charge in [0, 0.05) is 41.9 Å². The lowest BCUT2D eigenvalue weighted by molar-refractivity contribution is -0.136. The number of furan rings is 1. The second-order valence-electron chi connectivity index (χ2n) is 13.4. The van der Waals surface area contributed by atoms with Gasteiger partial charge in [-0.2, -0.15) is 13.2 Å². The molecule has 0 atom stereocenters. The van der Waals surface area contributed by atoms with Crippen LogP contribution < -0.4 is 16.4 Å². The molecule has 0 bridgehead atoms. The number of nitrogens with two attached hydrogens (primary N) is 1. The highest BCUT2D eigenvalue weighted by atomic mass is 19.4. The fourth-order valence-electron chi connectivity index (χ4n) is 4.88. The summed E-state index contributed by atoms with van der Waals surface area (Å²) in [6, 6.07) is 13.6. The Hall–Kier alpha value is -5.33. The molecule has 260 valence electrons. The van der Waals surface area contributed by atoms with E-state index < -0.39 is 34.9 Å². The van der Waals surface area contributed by atoms with E-state index in [1.54, 1.807) is 68.1 Å². The van der Waals surface area contributed by atoms with Gasteiger partial charge in [0.25, 0.3) is 5.91 Å². The van der Waals surface area contributed by atoms with Crippen molar-refractivity contribution in [3.05, 3.63) is 89.3 Å². The first-order valence-corrected chi connectivity index (χ1v) is 15.5. The molecule has 0 fully saturated rings. The molecule has 0 aliphatic rings. The van der Waals surface area contributed by atoms with Crippen LogP contribution in [0.25, 0.3) is 28.2 Å². The lowest BCUT2D eigenvalue weighted by Crippen LogP contribution is -2.49. The highest BCUT2D eigenvalue weighted by Crippen LogP contribution is 2.39. The second kappa shape index (κ2) is 14.4. The number of alkyl carbamates (subject to hydrolysis) is 1. The van der Waals surface area contributed by atoms with Gasteiger partial charge in [0.05, 0.1) is 12.1 Å². The SMILES string of the molecule is CC(C)(C)OC(=O)NCCN(C(=O)c1ccc(-c2cc(C(F)(F)F)c3oc(CNC(=O)/C=C/c4ccc(N)nc4)cc3c2)cc1)C(C)(C)C. The smallest absolute Gasteiger partial charge is 0.420 e. The van der Waals surface area contributed by atoms with Crippen LogP contribution in [0.2, 0.25) is 0 Å². The number of rotatable bonds is 9. The molecule has 0 radical (unpaired) electrons. The lowest BCUT2D eigenvalue weighted by atomic mass is 9.98. The van der Waals surface area contributed by atoms with Crippen LogP contribution in [0.5, 0.6) is 0 Å². The van der Waals surface area contributed by atoms with Crippen molar-refractivity contribution >= 4 is 40.8 Å². The summed E-state index contributed by atoms with van der Waals surface area (Å²) >= 11 is 0. The number of nitrogens with zero attached hydrogens (tertiary/aromatic N) is 2. The van der Waals surface area contributed by atoms with Gasteiger partial charge in [0.15, 0.2) is 0 Å². The van der Waals surface area contributed by atoms with E-state index in [4.69, 9.17) is 14.9 Å². The van der Waals surface area contributed by atoms with Crippen molar-refractivity contribution in [1.82, 2.24) is 20.5 Å². The molecule has 0 aliphatic heterocycles. The zero-order valence-electron chi connectivity index (χ0n) is 28.2. The third-order valence-corrected chi connectivity index (χ3v) is 7.17. The number of benzene rings is 2. The van der Waals surface area contributed by atoms with Crippen LogP contribution in [0.3, 0.4) is 0 Å². The minimum atomic E-state index is -4.72. The van der Waals surface area contributed by atoms with Crippen LogP contribution in [0.15, 0.2) is 71.3 Å². The van der Waals surface area contributed by atoms with Gasteiger partial charge in [-0.15, -0.1) is 0 Å². The molecule has 4 N–H and O–H groups in total. The third kappa shape index (κ3) is 10.1. The second-order valence-corrected chi connectivity index (χ2v) is 13.4. The minimum absolute atomic E-state index is 0.137. The molecule has 49 heavy (non-hydrogen) atoms. The molecule has 2 heterocycles. The Labute approximate surface area is 282 Å². The lowest BCUT2D eigenvalue weighted by Gasteiger charge is -2.36.